The Morgan fingerprint density at radius 3 is 2.85 bits per heavy atom. The van der Waals surface area contributed by atoms with E-state index in [1.165, 1.54) is 0 Å². The molecule has 5 heteroatoms. The number of carbonyl (C=O) groups is 1. The van der Waals surface area contributed by atoms with Crippen LogP contribution in [0.4, 0.5) is 0 Å². The minimum Gasteiger partial charge on any atom is -0.476 e. The van der Waals surface area contributed by atoms with Crippen molar-refractivity contribution in [2.24, 2.45) is 0 Å². The summed E-state index contributed by atoms with van der Waals surface area (Å²) < 4.78 is 1.04. The molecule has 0 atom stereocenters. The summed E-state index contributed by atoms with van der Waals surface area (Å²) in [4.78, 5) is 10.7. The number of aromatic nitrogens is 2. The molecule has 1 aromatic carbocycles. The highest BCUT2D eigenvalue weighted by Gasteiger charge is 2.14. The van der Waals surface area contributed by atoms with Gasteiger partial charge in [0, 0.05) is 17.2 Å². The van der Waals surface area contributed by atoms with E-state index in [4.69, 9.17) is 16.9 Å². The monoisotopic (exact) mass is 196 g/mol. The molecular weight excluding hydrogens is 192 g/mol. The lowest BCUT2D eigenvalue weighted by Crippen LogP contribution is -1.97. The molecule has 4 nitrogen and oxygen atoms in total. The molecule has 1 heterocycles. The molecule has 0 aliphatic heterocycles. The third kappa shape index (κ3) is 1.15. The Kier molecular flexibility index (Phi) is 1.70. The molecule has 0 unspecified atom stereocenters. The van der Waals surface area contributed by atoms with Gasteiger partial charge in [-0.05, 0) is 6.07 Å². The van der Waals surface area contributed by atoms with Crippen LogP contribution >= 0.6 is 11.8 Å². The van der Waals surface area contributed by atoms with Crippen molar-refractivity contribution in [3.8, 4) is 0 Å². The van der Waals surface area contributed by atoms with Gasteiger partial charge in [-0.15, -0.1) is 5.10 Å². The summed E-state index contributed by atoms with van der Waals surface area (Å²) in [7, 11) is 0. The van der Waals surface area contributed by atoms with Crippen LogP contribution in [0.3, 0.4) is 0 Å². The normalized spacial score (nSPS) is 10.5. The van der Waals surface area contributed by atoms with Crippen LogP contribution < -0.4 is 0 Å². The fraction of sp³-hybridized carbons (Fsp3) is 0. The molecule has 2 rings (SSSR count). The number of aromatic carboxylic acids is 1. The standard InChI is InChI=1S/C8H5ClN2O2/c9-11-6-4-2-1-3-5(6)7(10-11)8(12)13/h1-4H,(H,12,13). The molecule has 13 heavy (non-hydrogen) atoms. The van der Waals surface area contributed by atoms with Crippen molar-refractivity contribution >= 4 is 28.6 Å². The zero-order valence-corrected chi connectivity index (χ0v) is 7.19. The second kappa shape index (κ2) is 2.74. The van der Waals surface area contributed by atoms with Gasteiger partial charge < -0.3 is 5.11 Å². The first-order valence-corrected chi connectivity index (χ1v) is 3.91. The number of para-hydroxylation sites is 1. The topological polar surface area (TPSA) is 55.1 Å². The summed E-state index contributed by atoms with van der Waals surface area (Å²) in [6.07, 6.45) is 0. The minimum atomic E-state index is -1.07. The van der Waals surface area contributed by atoms with Gasteiger partial charge in [0.2, 0.25) is 0 Å². The SMILES string of the molecule is O=C(O)c1nn(Cl)c2ccccc12. The van der Waals surface area contributed by atoms with E-state index in [1.807, 2.05) is 0 Å². The number of hydrogen-bond donors (Lipinski definition) is 1. The fourth-order valence-electron chi connectivity index (χ4n) is 1.19. The Morgan fingerprint density at radius 2 is 2.15 bits per heavy atom. The maximum atomic E-state index is 10.7. The van der Waals surface area contributed by atoms with Crippen molar-refractivity contribution in [1.82, 2.24) is 9.30 Å². The highest BCUT2D eigenvalue weighted by molar-refractivity contribution is 6.19. The zero-order chi connectivity index (χ0) is 9.42. The van der Waals surface area contributed by atoms with Gasteiger partial charge in [-0.2, -0.15) is 4.20 Å². The maximum Gasteiger partial charge on any atom is 0.357 e. The second-order valence-electron chi connectivity index (χ2n) is 2.53. The van der Waals surface area contributed by atoms with E-state index in [0.717, 1.165) is 4.20 Å². The van der Waals surface area contributed by atoms with Gasteiger partial charge in [-0.25, -0.2) is 4.79 Å². The van der Waals surface area contributed by atoms with E-state index in [2.05, 4.69) is 5.10 Å². The average Bonchev–Trinajstić information content (AvgIpc) is 2.45. The molecule has 0 fully saturated rings. The predicted molar refractivity (Wildman–Crippen MR) is 47.9 cm³/mol. The summed E-state index contributed by atoms with van der Waals surface area (Å²) in [5, 5.41) is 13.0. The summed E-state index contributed by atoms with van der Waals surface area (Å²) in [5.41, 5.74) is 0.576. The van der Waals surface area contributed by atoms with Crippen LogP contribution in [-0.4, -0.2) is 20.4 Å². The third-order valence-electron chi connectivity index (χ3n) is 1.75. The number of carboxylic acids is 1. The zero-order valence-electron chi connectivity index (χ0n) is 6.44. The second-order valence-corrected chi connectivity index (χ2v) is 2.85. The van der Waals surface area contributed by atoms with Gasteiger partial charge in [0.25, 0.3) is 0 Å². The Labute approximate surface area is 78.5 Å². The smallest absolute Gasteiger partial charge is 0.357 e. The van der Waals surface area contributed by atoms with E-state index in [0.29, 0.717) is 10.9 Å². The quantitative estimate of drug-likeness (QED) is 0.756. The third-order valence-corrected chi connectivity index (χ3v) is 2.01. The van der Waals surface area contributed by atoms with E-state index in [-0.39, 0.29) is 5.69 Å². The first kappa shape index (κ1) is 8.07. The average molecular weight is 197 g/mol. The number of fused-ring (bicyclic) bond motifs is 1. The first-order valence-electron chi connectivity index (χ1n) is 3.57. The van der Waals surface area contributed by atoms with E-state index < -0.39 is 5.97 Å². The number of hydrogen-bond acceptors (Lipinski definition) is 2. The summed E-state index contributed by atoms with van der Waals surface area (Å²) >= 11 is 5.66. The molecule has 1 N–H and O–H groups in total. The Bertz CT molecular complexity index is 478. The number of rotatable bonds is 1. The number of nitrogens with zero attached hydrogens (tertiary/aromatic N) is 2. The first-order chi connectivity index (χ1) is 6.20. The molecule has 0 aliphatic carbocycles. The van der Waals surface area contributed by atoms with Crippen LogP contribution in [0.25, 0.3) is 10.9 Å². The number of halogens is 1. The lowest BCUT2D eigenvalue weighted by molar-refractivity contribution is 0.0692. The fourth-order valence-corrected chi connectivity index (χ4v) is 1.41. The van der Waals surface area contributed by atoms with E-state index in [1.54, 1.807) is 24.3 Å². The lowest BCUT2D eigenvalue weighted by atomic mass is 10.2. The lowest BCUT2D eigenvalue weighted by Gasteiger charge is -1.88. The van der Waals surface area contributed by atoms with Gasteiger partial charge >= 0.3 is 5.97 Å². The molecule has 2 aromatic rings. The summed E-state index contributed by atoms with van der Waals surface area (Å²) in [6.45, 7) is 0. The van der Waals surface area contributed by atoms with Crippen LogP contribution in [0.2, 0.25) is 0 Å². The van der Waals surface area contributed by atoms with Crippen molar-refractivity contribution in [3.63, 3.8) is 0 Å². The Hall–Kier alpha value is -1.55. The summed E-state index contributed by atoms with van der Waals surface area (Å²) in [5.74, 6) is -1.07. The number of benzene rings is 1. The Balaban J connectivity index is 2.85. The van der Waals surface area contributed by atoms with Gasteiger partial charge in [0.1, 0.15) is 0 Å². The van der Waals surface area contributed by atoms with Crippen LogP contribution in [-0.2, 0) is 0 Å². The van der Waals surface area contributed by atoms with Crippen molar-refractivity contribution < 1.29 is 9.90 Å². The van der Waals surface area contributed by atoms with Crippen LogP contribution in [0.1, 0.15) is 10.5 Å². The molecule has 0 amide bonds. The molecule has 0 radical (unpaired) electrons. The largest absolute Gasteiger partial charge is 0.476 e. The van der Waals surface area contributed by atoms with E-state index in [9.17, 15) is 4.79 Å². The molecule has 0 saturated carbocycles. The van der Waals surface area contributed by atoms with Crippen molar-refractivity contribution in [3.05, 3.63) is 30.0 Å². The maximum absolute atomic E-state index is 10.7. The van der Waals surface area contributed by atoms with Gasteiger partial charge in [-0.1, -0.05) is 18.2 Å². The molecule has 0 spiro atoms. The van der Waals surface area contributed by atoms with Crippen molar-refractivity contribution in [2.75, 3.05) is 0 Å². The Morgan fingerprint density at radius 1 is 1.46 bits per heavy atom. The minimum absolute atomic E-state index is 0.0226. The van der Waals surface area contributed by atoms with Gasteiger partial charge in [0.05, 0.1) is 5.52 Å². The number of carboxylic acid groups (broad SMARTS) is 1. The van der Waals surface area contributed by atoms with Crippen molar-refractivity contribution in [1.29, 1.82) is 0 Å². The van der Waals surface area contributed by atoms with Gasteiger partial charge in [-0.3, -0.25) is 0 Å². The highest BCUT2D eigenvalue weighted by Crippen LogP contribution is 2.18. The van der Waals surface area contributed by atoms with Crippen LogP contribution in [0.5, 0.6) is 0 Å². The predicted octanol–water partition coefficient (Wildman–Crippen LogP) is 1.74. The molecule has 0 bridgehead atoms. The summed E-state index contributed by atoms with van der Waals surface area (Å²) in [6, 6.07) is 6.90. The molecule has 66 valence electrons. The molecule has 0 saturated heterocycles. The van der Waals surface area contributed by atoms with Crippen molar-refractivity contribution in [2.45, 2.75) is 0 Å². The van der Waals surface area contributed by atoms with Crippen LogP contribution in [0.15, 0.2) is 24.3 Å². The van der Waals surface area contributed by atoms with Gasteiger partial charge in [0.15, 0.2) is 5.69 Å². The molecule has 0 aliphatic rings. The molecular formula is C8H5ClN2O2. The van der Waals surface area contributed by atoms with E-state index >= 15 is 0 Å². The highest BCUT2D eigenvalue weighted by atomic mass is 35.5. The van der Waals surface area contributed by atoms with Crippen LogP contribution in [0, 0.1) is 0 Å². The molecule has 1 aromatic heterocycles.